The van der Waals surface area contributed by atoms with Crippen molar-refractivity contribution in [1.82, 2.24) is 5.32 Å². The Kier molecular flexibility index (Phi) is 2.30. The van der Waals surface area contributed by atoms with Crippen molar-refractivity contribution in [2.75, 3.05) is 19.7 Å². The van der Waals surface area contributed by atoms with E-state index >= 15 is 0 Å². The van der Waals surface area contributed by atoms with Gasteiger partial charge in [0.2, 0.25) is 0 Å². The summed E-state index contributed by atoms with van der Waals surface area (Å²) in [5.74, 6) is 0. The van der Waals surface area contributed by atoms with E-state index < -0.39 is 0 Å². The fraction of sp³-hybridized carbons (Fsp3) is 0.833. The predicted octanol–water partition coefficient (Wildman–Crippen LogP) is 0.199. The molecule has 1 N–H and O–H groups in total. The number of nitrogens with one attached hydrogen (secondary N) is 1. The minimum Gasteiger partial charge on any atom is -0.377 e. The van der Waals surface area contributed by atoms with Crippen molar-refractivity contribution in [3.63, 3.8) is 0 Å². The minimum atomic E-state index is 0.164. The van der Waals surface area contributed by atoms with Crippen LogP contribution in [0.25, 0.3) is 0 Å². The molecule has 8 heavy (non-hydrogen) atoms. The third-order valence-corrected chi connectivity index (χ3v) is 1.22. The van der Waals surface area contributed by atoms with Gasteiger partial charge in [0.1, 0.15) is 0 Å². The average molecular weight is 114 g/mol. The Hall–Kier alpha value is -0.0800. The first-order chi connectivity index (χ1) is 3.89. The van der Waals surface area contributed by atoms with Crippen LogP contribution < -0.4 is 5.32 Å². The zero-order chi connectivity index (χ0) is 5.82. The predicted molar refractivity (Wildman–Crippen MR) is 32.6 cm³/mol. The van der Waals surface area contributed by atoms with Crippen molar-refractivity contribution >= 4 is 0 Å². The van der Waals surface area contributed by atoms with Gasteiger partial charge in [0.05, 0.1) is 6.10 Å². The van der Waals surface area contributed by atoms with Crippen LogP contribution in [0.1, 0.15) is 6.42 Å². The Bertz CT molecular complexity index is 57.5. The first-order valence-electron chi connectivity index (χ1n) is 3.05. The summed E-state index contributed by atoms with van der Waals surface area (Å²) in [4.78, 5) is 0. The van der Waals surface area contributed by atoms with Gasteiger partial charge < -0.3 is 10.1 Å². The second-order valence-electron chi connectivity index (χ2n) is 2.05. The highest BCUT2D eigenvalue weighted by Gasteiger charge is 2.04. The van der Waals surface area contributed by atoms with Crippen LogP contribution in [0.4, 0.5) is 0 Å². The zero-order valence-corrected chi connectivity index (χ0v) is 5.02. The standard InChI is InChI=1S/C6H12NO/c1-6-5-7-3-2-4-8-6/h6-7H,1-5H2. The van der Waals surface area contributed by atoms with Crippen molar-refractivity contribution in [1.29, 1.82) is 0 Å². The second kappa shape index (κ2) is 3.05. The number of hydrogen-bond donors (Lipinski definition) is 1. The van der Waals surface area contributed by atoms with Gasteiger partial charge in [0, 0.05) is 13.2 Å². The first kappa shape index (κ1) is 6.05. The van der Waals surface area contributed by atoms with E-state index in [0.717, 1.165) is 26.1 Å². The van der Waals surface area contributed by atoms with Crippen molar-refractivity contribution in [2.24, 2.45) is 0 Å². The molecule has 1 saturated heterocycles. The summed E-state index contributed by atoms with van der Waals surface area (Å²) in [7, 11) is 0. The molecule has 2 nitrogen and oxygen atoms in total. The van der Waals surface area contributed by atoms with Gasteiger partial charge in [-0.2, -0.15) is 0 Å². The van der Waals surface area contributed by atoms with Gasteiger partial charge in [-0.15, -0.1) is 0 Å². The minimum absolute atomic E-state index is 0.164. The lowest BCUT2D eigenvalue weighted by atomic mass is 10.4. The van der Waals surface area contributed by atoms with Gasteiger partial charge in [-0.25, -0.2) is 0 Å². The maximum Gasteiger partial charge on any atom is 0.0700 e. The molecule has 47 valence electrons. The third kappa shape index (κ3) is 1.80. The molecular weight excluding hydrogens is 102 g/mol. The molecule has 1 unspecified atom stereocenters. The van der Waals surface area contributed by atoms with Crippen molar-refractivity contribution in [3.8, 4) is 0 Å². The van der Waals surface area contributed by atoms with Gasteiger partial charge in [0.25, 0.3) is 0 Å². The van der Waals surface area contributed by atoms with Crippen LogP contribution in [0.5, 0.6) is 0 Å². The lowest BCUT2D eigenvalue weighted by molar-refractivity contribution is 0.0978. The lowest BCUT2D eigenvalue weighted by Crippen LogP contribution is -2.23. The van der Waals surface area contributed by atoms with Gasteiger partial charge in [-0.05, 0) is 19.9 Å². The van der Waals surface area contributed by atoms with E-state index in [1.165, 1.54) is 0 Å². The quantitative estimate of drug-likeness (QED) is 0.485. The highest BCUT2D eigenvalue weighted by molar-refractivity contribution is 4.66. The molecule has 1 aliphatic rings. The SMILES string of the molecule is [CH2]C1CNCCCO1. The molecule has 1 atom stereocenters. The number of hydrogen-bond acceptors (Lipinski definition) is 2. The second-order valence-corrected chi connectivity index (χ2v) is 2.05. The molecule has 0 bridgehead atoms. The summed E-state index contributed by atoms with van der Waals surface area (Å²) >= 11 is 0. The van der Waals surface area contributed by atoms with Crippen molar-refractivity contribution < 1.29 is 4.74 Å². The monoisotopic (exact) mass is 114 g/mol. The summed E-state index contributed by atoms with van der Waals surface area (Å²) in [6.45, 7) is 6.61. The Morgan fingerprint density at radius 1 is 1.62 bits per heavy atom. The summed E-state index contributed by atoms with van der Waals surface area (Å²) in [6, 6.07) is 0. The molecule has 1 fully saturated rings. The molecule has 1 radical (unpaired) electrons. The van der Waals surface area contributed by atoms with E-state index in [4.69, 9.17) is 4.74 Å². The molecule has 0 amide bonds. The van der Waals surface area contributed by atoms with Crippen molar-refractivity contribution in [2.45, 2.75) is 12.5 Å². The molecule has 2 heteroatoms. The first-order valence-corrected chi connectivity index (χ1v) is 3.05. The van der Waals surface area contributed by atoms with E-state index in [-0.39, 0.29) is 6.10 Å². The van der Waals surface area contributed by atoms with Crippen LogP contribution in [0.2, 0.25) is 0 Å². The Balaban J connectivity index is 2.17. The summed E-state index contributed by atoms with van der Waals surface area (Å²) in [5.41, 5.74) is 0. The molecule has 0 aromatic carbocycles. The summed E-state index contributed by atoms with van der Waals surface area (Å²) in [5, 5.41) is 3.21. The van der Waals surface area contributed by atoms with Gasteiger partial charge in [-0.1, -0.05) is 0 Å². The van der Waals surface area contributed by atoms with Gasteiger partial charge in [-0.3, -0.25) is 0 Å². The molecule has 0 aromatic heterocycles. The van der Waals surface area contributed by atoms with Crippen LogP contribution in [0, 0.1) is 6.92 Å². The average Bonchev–Trinajstić information content (AvgIpc) is 1.94. The topological polar surface area (TPSA) is 21.3 Å². The molecule has 0 aromatic rings. The smallest absolute Gasteiger partial charge is 0.0700 e. The largest absolute Gasteiger partial charge is 0.377 e. The van der Waals surface area contributed by atoms with Crippen molar-refractivity contribution in [3.05, 3.63) is 6.92 Å². The van der Waals surface area contributed by atoms with E-state index in [9.17, 15) is 0 Å². The molecule has 1 aliphatic heterocycles. The molecule has 1 heterocycles. The highest BCUT2D eigenvalue weighted by Crippen LogP contribution is 1.93. The molecule has 0 saturated carbocycles. The highest BCUT2D eigenvalue weighted by atomic mass is 16.5. The van der Waals surface area contributed by atoms with Crippen LogP contribution in [-0.2, 0) is 4.74 Å². The normalized spacial score (nSPS) is 31.9. The number of rotatable bonds is 0. The molecule has 0 aliphatic carbocycles. The van der Waals surface area contributed by atoms with Gasteiger partial charge in [0.15, 0.2) is 0 Å². The van der Waals surface area contributed by atoms with E-state index in [1.54, 1.807) is 0 Å². The van der Waals surface area contributed by atoms with E-state index in [1.807, 2.05) is 0 Å². The van der Waals surface area contributed by atoms with Gasteiger partial charge >= 0.3 is 0 Å². The molecule has 1 rings (SSSR count). The maximum atomic E-state index is 5.23. The molecule has 0 spiro atoms. The maximum absolute atomic E-state index is 5.23. The zero-order valence-electron chi connectivity index (χ0n) is 5.02. The number of ether oxygens (including phenoxy) is 1. The van der Waals surface area contributed by atoms with E-state index in [0.29, 0.717) is 0 Å². The van der Waals surface area contributed by atoms with E-state index in [2.05, 4.69) is 12.2 Å². The summed E-state index contributed by atoms with van der Waals surface area (Å²) in [6.07, 6.45) is 1.28. The fourth-order valence-corrected chi connectivity index (χ4v) is 0.769. The summed E-state index contributed by atoms with van der Waals surface area (Å²) < 4.78 is 5.23. The van der Waals surface area contributed by atoms with Crippen LogP contribution >= 0.6 is 0 Å². The molecular formula is C6H12NO. The van der Waals surface area contributed by atoms with Crippen LogP contribution in [0.3, 0.4) is 0 Å². The Morgan fingerprint density at radius 2 is 2.50 bits per heavy atom. The fourth-order valence-electron chi connectivity index (χ4n) is 0.769. The third-order valence-electron chi connectivity index (χ3n) is 1.22. The Morgan fingerprint density at radius 3 is 3.38 bits per heavy atom. The lowest BCUT2D eigenvalue weighted by Gasteiger charge is -2.05. The Labute approximate surface area is 50.2 Å². The van der Waals surface area contributed by atoms with Crippen LogP contribution in [-0.4, -0.2) is 25.8 Å². The van der Waals surface area contributed by atoms with Crippen LogP contribution in [0.15, 0.2) is 0 Å².